The van der Waals surface area contributed by atoms with Gasteiger partial charge in [-0.1, -0.05) is 32.0 Å². The van der Waals surface area contributed by atoms with Crippen molar-refractivity contribution in [3.05, 3.63) is 36.0 Å². The van der Waals surface area contributed by atoms with E-state index in [1.807, 2.05) is 19.9 Å². The van der Waals surface area contributed by atoms with Crippen LogP contribution in [0.15, 0.2) is 30.5 Å². The highest BCUT2D eigenvalue weighted by Crippen LogP contribution is 2.45. The monoisotopic (exact) mass is 249 g/mol. The Morgan fingerprint density at radius 3 is 2.59 bits per heavy atom. The lowest BCUT2D eigenvalue weighted by Gasteiger charge is -2.13. The Morgan fingerprint density at radius 2 is 1.88 bits per heavy atom. The molecule has 2 nitrogen and oxygen atoms in total. The molecule has 0 aliphatic carbocycles. The van der Waals surface area contributed by atoms with Gasteiger partial charge in [-0.25, -0.2) is 0 Å². The maximum atomic E-state index is 12.4. The van der Waals surface area contributed by atoms with E-state index >= 15 is 0 Å². The van der Waals surface area contributed by atoms with E-state index in [9.17, 15) is 4.57 Å². The van der Waals surface area contributed by atoms with E-state index in [1.54, 1.807) is 0 Å². The lowest BCUT2D eigenvalue weighted by Crippen LogP contribution is -1.98. The summed E-state index contributed by atoms with van der Waals surface area (Å²) < 4.78 is 12.4. The molecule has 0 saturated carbocycles. The van der Waals surface area contributed by atoms with Crippen molar-refractivity contribution in [2.24, 2.45) is 0 Å². The summed E-state index contributed by atoms with van der Waals surface area (Å²) in [6.07, 6.45) is 5.46. The summed E-state index contributed by atoms with van der Waals surface area (Å²) in [5, 5.41) is 1.27. The van der Waals surface area contributed by atoms with Crippen LogP contribution in [0.4, 0.5) is 0 Å². The minimum atomic E-state index is -1.91. The van der Waals surface area contributed by atoms with Gasteiger partial charge in [-0.05, 0) is 30.4 Å². The fourth-order valence-corrected chi connectivity index (χ4v) is 3.93. The van der Waals surface area contributed by atoms with Gasteiger partial charge < -0.3 is 9.55 Å². The summed E-state index contributed by atoms with van der Waals surface area (Å²) >= 11 is 0. The maximum Gasteiger partial charge on any atom is 0.0875 e. The van der Waals surface area contributed by atoms with Crippen molar-refractivity contribution in [3.63, 3.8) is 0 Å². The predicted octanol–water partition coefficient (Wildman–Crippen LogP) is 4.11. The highest BCUT2D eigenvalue weighted by molar-refractivity contribution is 7.63. The number of hydrogen-bond acceptors (Lipinski definition) is 1. The number of rotatable bonds is 5. The smallest absolute Gasteiger partial charge is 0.0875 e. The number of H-pyrrole nitrogens is 1. The molecule has 1 aromatic carbocycles. The number of hydrogen-bond donors (Lipinski definition) is 1. The molecule has 0 bridgehead atoms. The van der Waals surface area contributed by atoms with Crippen LogP contribution < -0.4 is 0 Å². The molecular formula is C14H20NOP. The van der Waals surface area contributed by atoms with Crippen LogP contribution in [0.2, 0.25) is 0 Å². The Labute approximate surface area is 103 Å². The molecule has 17 heavy (non-hydrogen) atoms. The molecular weight excluding hydrogens is 229 g/mol. The van der Waals surface area contributed by atoms with E-state index in [4.69, 9.17) is 0 Å². The van der Waals surface area contributed by atoms with Crippen molar-refractivity contribution in [2.45, 2.75) is 20.3 Å². The minimum Gasteiger partial charge on any atom is -0.361 e. The molecule has 0 amide bonds. The van der Waals surface area contributed by atoms with Crippen molar-refractivity contribution in [1.29, 1.82) is 0 Å². The first kappa shape index (κ1) is 12.4. The number of aryl methyl sites for hydroxylation is 1. The molecule has 0 unspecified atom stereocenters. The highest BCUT2D eigenvalue weighted by atomic mass is 31.2. The van der Waals surface area contributed by atoms with Crippen LogP contribution in [0.1, 0.15) is 19.4 Å². The molecule has 0 saturated heterocycles. The molecule has 0 aliphatic heterocycles. The molecule has 1 aromatic heterocycles. The molecule has 2 rings (SSSR count). The summed E-state index contributed by atoms with van der Waals surface area (Å²) in [5.41, 5.74) is 2.47. The fourth-order valence-electron chi connectivity index (χ4n) is 2.20. The predicted molar refractivity (Wildman–Crippen MR) is 75.6 cm³/mol. The number of aromatic amines is 1. The largest absolute Gasteiger partial charge is 0.361 e. The van der Waals surface area contributed by atoms with Gasteiger partial charge in [-0.2, -0.15) is 0 Å². The summed E-state index contributed by atoms with van der Waals surface area (Å²) in [5.74, 6) is 0. The van der Waals surface area contributed by atoms with Gasteiger partial charge >= 0.3 is 0 Å². The molecule has 0 fully saturated rings. The molecule has 1 N–H and O–H groups in total. The number of nitrogens with one attached hydrogen (secondary N) is 1. The molecule has 0 radical (unpaired) electrons. The maximum absolute atomic E-state index is 12.4. The van der Waals surface area contributed by atoms with Gasteiger partial charge in [-0.3, -0.25) is 0 Å². The van der Waals surface area contributed by atoms with Crippen LogP contribution in [0.5, 0.6) is 0 Å². The number of fused-ring (bicyclic) bond motifs is 1. The van der Waals surface area contributed by atoms with Crippen molar-refractivity contribution < 1.29 is 4.57 Å². The third-order valence-corrected chi connectivity index (χ3v) is 6.96. The number of para-hydroxylation sites is 1. The Balaban J connectivity index is 2.17. The van der Waals surface area contributed by atoms with Gasteiger partial charge in [0.1, 0.15) is 0 Å². The zero-order chi connectivity index (χ0) is 12.3. The highest BCUT2D eigenvalue weighted by Gasteiger charge is 2.17. The Morgan fingerprint density at radius 1 is 1.18 bits per heavy atom. The minimum absolute atomic E-state index is 0.825. The second-order valence-corrected chi connectivity index (χ2v) is 8.35. The summed E-state index contributed by atoms with van der Waals surface area (Å²) in [7, 11) is -1.91. The van der Waals surface area contributed by atoms with E-state index in [0.717, 1.165) is 24.9 Å². The molecule has 0 aliphatic rings. The van der Waals surface area contributed by atoms with Crippen LogP contribution >= 0.6 is 7.14 Å². The lowest BCUT2D eigenvalue weighted by atomic mass is 10.1. The van der Waals surface area contributed by atoms with Crippen LogP contribution in [0.3, 0.4) is 0 Å². The van der Waals surface area contributed by atoms with Crippen LogP contribution in [-0.2, 0) is 11.0 Å². The van der Waals surface area contributed by atoms with Crippen LogP contribution in [-0.4, -0.2) is 23.5 Å². The van der Waals surface area contributed by atoms with E-state index in [0.29, 0.717) is 0 Å². The normalized spacial score (nSPS) is 12.1. The van der Waals surface area contributed by atoms with Crippen molar-refractivity contribution >= 4 is 18.0 Å². The van der Waals surface area contributed by atoms with Gasteiger partial charge in [0.15, 0.2) is 0 Å². The van der Waals surface area contributed by atoms with Crippen molar-refractivity contribution in [1.82, 2.24) is 4.98 Å². The zero-order valence-electron chi connectivity index (χ0n) is 10.6. The van der Waals surface area contributed by atoms with Crippen LogP contribution in [0.25, 0.3) is 10.9 Å². The van der Waals surface area contributed by atoms with Gasteiger partial charge in [0.2, 0.25) is 0 Å². The number of aromatic nitrogens is 1. The molecule has 1 heterocycles. The van der Waals surface area contributed by atoms with Gasteiger partial charge in [0.25, 0.3) is 0 Å². The Bertz CT molecular complexity index is 536. The van der Waals surface area contributed by atoms with Crippen molar-refractivity contribution in [2.75, 3.05) is 18.5 Å². The second-order valence-electron chi connectivity index (χ2n) is 4.52. The molecule has 0 spiro atoms. The average Bonchev–Trinajstić information content (AvgIpc) is 2.79. The average molecular weight is 249 g/mol. The summed E-state index contributed by atoms with van der Waals surface area (Å²) in [6.45, 7) is 4.08. The summed E-state index contributed by atoms with van der Waals surface area (Å²) in [4.78, 5) is 3.27. The van der Waals surface area contributed by atoms with E-state index in [2.05, 4.69) is 29.4 Å². The standard InChI is InChI=1S/C14H20NOP/c1-3-17(16,4-2)10-9-12-11-15-14-8-6-5-7-13(12)14/h5-8,11,15H,3-4,9-10H2,1-2H3. The molecule has 2 aromatic rings. The van der Waals surface area contributed by atoms with E-state index < -0.39 is 7.14 Å². The van der Waals surface area contributed by atoms with Crippen molar-refractivity contribution in [3.8, 4) is 0 Å². The first-order valence-electron chi connectivity index (χ1n) is 6.30. The quantitative estimate of drug-likeness (QED) is 0.794. The molecule has 92 valence electrons. The van der Waals surface area contributed by atoms with Gasteiger partial charge in [-0.15, -0.1) is 0 Å². The van der Waals surface area contributed by atoms with Gasteiger partial charge in [0, 0.05) is 23.3 Å². The fraction of sp³-hybridized carbons (Fsp3) is 0.429. The zero-order valence-corrected chi connectivity index (χ0v) is 11.5. The molecule has 3 heteroatoms. The lowest BCUT2D eigenvalue weighted by molar-refractivity contribution is 0.575. The van der Waals surface area contributed by atoms with Crippen LogP contribution in [0, 0.1) is 0 Å². The Kier molecular flexibility index (Phi) is 3.73. The third-order valence-electron chi connectivity index (χ3n) is 3.62. The SMILES string of the molecule is CCP(=O)(CC)CCc1c[nH]c2ccccc12. The van der Waals surface area contributed by atoms with E-state index in [1.165, 1.54) is 16.5 Å². The molecule has 0 atom stereocenters. The first-order chi connectivity index (χ1) is 8.18. The van der Waals surface area contributed by atoms with E-state index in [-0.39, 0.29) is 0 Å². The third kappa shape index (κ3) is 2.63. The summed E-state index contributed by atoms with van der Waals surface area (Å²) in [6, 6.07) is 8.30. The second kappa shape index (κ2) is 5.10. The van der Waals surface area contributed by atoms with Gasteiger partial charge in [0.05, 0.1) is 7.14 Å². The topological polar surface area (TPSA) is 32.9 Å². The number of benzene rings is 1. The Hall–Kier alpha value is -1.01. The first-order valence-corrected chi connectivity index (χ1v) is 8.57.